The first-order chi connectivity index (χ1) is 14.9. The number of benzene rings is 3. The van der Waals surface area contributed by atoms with Gasteiger partial charge in [0.15, 0.2) is 0 Å². The van der Waals surface area contributed by atoms with Gasteiger partial charge in [0.1, 0.15) is 5.82 Å². The summed E-state index contributed by atoms with van der Waals surface area (Å²) in [6.07, 6.45) is 3.08. The molecule has 0 aliphatic rings. The molecule has 0 aliphatic heterocycles. The molecule has 3 aromatic carbocycles. The van der Waals surface area contributed by atoms with Crippen molar-refractivity contribution in [2.45, 2.75) is 26.4 Å². The van der Waals surface area contributed by atoms with Crippen LogP contribution in [0.15, 0.2) is 84.9 Å². The second-order valence-corrected chi connectivity index (χ2v) is 7.32. The van der Waals surface area contributed by atoms with Crippen LogP contribution in [0.5, 0.6) is 0 Å². The first-order valence-electron chi connectivity index (χ1n) is 10.1. The van der Waals surface area contributed by atoms with Crippen LogP contribution >= 0.6 is 0 Å². The van der Waals surface area contributed by atoms with Gasteiger partial charge in [0.25, 0.3) is 0 Å². The summed E-state index contributed by atoms with van der Waals surface area (Å²) in [6, 6.07) is 23.0. The van der Waals surface area contributed by atoms with Crippen LogP contribution < -0.4 is 5.32 Å². The number of halogens is 1. The molecule has 31 heavy (non-hydrogen) atoms. The highest BCUT2D eigenvalue weighted by Crippen LogP contribution is 2.25. The van der Waals surface area contributed by atoms with Gasteiger partial charge in [-0.1, -0.05) is 54.6 Å². The fourth-order valence-electron chi connectivity index (χ4n) is 3.32. The Hall–Kier alpha value is -3.73. The maximum Gasteiger partial charge on any atom is 0.247 e. The van der Waals surface area contributed by atoms with E-state index in [0.717, 1.165) is 11.1 Å². The van der Waals surface area contributed by atoms with E-state index >= 15 is 0 Å². The number of hydrogen-bond acceptors (Lipinski definition) is 2. The van der Waals surface area contributed by atoms with Crippen molar-refractivity contribution in [2.24, 2.45) is 0 Å². The van der Waals surface area contributed by atoms with Crippen molar-refractivity contribution < 1.29 is 14.0 Å². The van der Waals surface area contributed by atoms with Crippen LogP contribution in [0.25, 0.3) is 6.08 Å². The molecular formula is C26H25FN2O2. The predicted molar refractivity (Wildman–Crippen MR) is 122 cm³/mol. The van der Waals surface area contributed by atoms with E-state index in [2.05, 4.69) is 5.32 Å². The number of amides is 2. The smallest absolute Gasteiger partial charge is 0.247 e. The normalized spacial score (nSPS) is 11.8. The van der Waals surface area contributed by atoms with E-state index in [-0.39, 0.29) is 23.7 Å². The van der Waals surface area contributed by atoms with E-state index < -0.39 is 0 Å². The summed E-state index contributed by atoms with van der Waals surface area (Å²) in [4.78, 5) is 26.3. The minimum atomic E-state index is -0.348. The van der Waals surface area contributed by atoms with Gasteiger partial charge in [0.05, 0.1) is 6.04 Å². The highest BCUT2D eigenvalue weighted by atomic mass is 19.1. The maximum absolute atomic E-state index is 13.5. The summed E-state index contributed by atoms with van der Waals surface area (Å²) in [5, 5.41) is 2.78. The van der Waals surface area contributed by atoms with Crippen molar-refractivity contribution in [2.75, 3.05) is 5.32 Å². The van der Waals surface area contributed by atoms with E-state index in [1.807, 2.05) is 61.5 Å². The van der Waals surface area contributed by atoms with Crippen molar-refractivity contribution >= 4 is 23.6 Å². The Balaban J connectivity index is 1.88. The zero-order valence-electron chi connectivity index (χ0n) is 17.6. The standard InChI is InChI=1S/C26H25FN2O2/c1-19(23-11-7-13-25(17-23)28-20(2)30)29(18-22-8-4-3-5-9-22)26(31)15-14-21-10-6-12-24(27)16-21/h3-17,19H,18H2,1-2H3,(H,28,30)/b15-14-/t19-/m1/s1. The molecule has 0 saturated heterocycles. The average molecular weight is 416 g/mol. The monoisotopic (exact) mass is 416 g/mol. The van der Waals surface area contributed by atoms with Gasteiger partial charge < -0.3 is 10.2 Å². The van der Waals surface area contributed by atoms with Crippen LogP contribution in [0.4, 0.5) is 10.1 Å². The van der Waals surface area contributed by atoms with Crippen LogP contribution in [0.2, 0.25) is 0 Å². The Morgan fingerprint density at radius 2 is 1.74 bits per heavy atom. The second kappa shape index (κ2) is 10.3. The molecule has 0 aliphatic carbocycles. The van der Waals surface area contributed by atoms with E-state index in [0.29, 0.717) is 17.8 Å². The van der Waals surface area contributed by atoms with E-state index in [9.17, 15) is 14.0 Å². The summed E-state index contributed by atoms with van der Waals surface area (Å²) in [7, 11) is 0. The summed E-state index contributed by atoms with van der Waals surface area (Å²) in [5.74, 6) is -0.690. The zero-order chi connectivity index (χ0) is 22.2. The minimum Gasteiger partial charge on any atom is -0.328 e. The molecule has 0 aromatic heterocycles. The molecular weight excluding hydrogens is 391 g/mol. The molecule has 158 valence electrons. The molecule has 0 unspecified atom stereocenters. The van der Waals surface area contributed by atoms with Crippen LogP contribution in [-0.4, -0.2) is 16.7 Å². The van der Waals surface area contributed by atoms with Gasteiger partial charge in [-0.15, -0.1) is 0 Å². The number of anilines is 1. The second-order valence-electron chi connectivity index (χ2n) is 7.32. The largest absolute Gasteiger partial charge is 0.328 e. The number of hydrogen-bond donors (Lipinski definition) is 1. The molecule has 0 radical (unpaired) electrons. The molecule has 0 saturated carbocycles. The number of nitrogens with zero attached hydrogens (tertiary/aromatic N) is 1. The lowest BCUT2D eigenvalue weighted by Crippen LogP contribution is -2.31. The number of carbonyl (C=O) groups excluding carboxylic acids is 2. The molecule has 0 bridgehead atoms. The Labute approximate surface area is 182 Å². The molecule has 1 atom stereocenters. The zero-order valence-corrected chi connectivity index (χ0v) is 17.6. The molecule has 4 nitrogen and oxygen atoms in total. The Morgan fingerprint density at radius 1 is 1.00 bits per heavy atom. The van der Waals surface area contributed by atoms with Crippen LogP contribution in [0.1, 0.15) is 36.6 Å². The van der Waals surface area contributed by atoms with Gasteiger partial charge in [0, 0.05) is 25.2 Å². The van der Waals surface area contributed by atoms with Crippen molar-refractivity contribution in [3.05, 3.63) is 107 Å². The van der Waals surface area contributed by atoms with Crippen LogP contribution in [0.3, 0.4) is 0 Å². The first kappa shape index (κ1) is 22.0. The molecule has 3 rings (SSSR count). The van der Waals surface area contributed by atoms with Crippen molar-refractivity contribution in [3.63, 3.8) is 0 Å². The van der Waals surface area contributed by atoms with Gasteiger partial charge in [-0.25, -0.2) is 4.39 Å². The van der Waals surface area contributed by atoms with E-state index in [4.69, 9.17) is 0 Å². The van der Waals surface area contributed by atoms with Gasteiger partial charge in [-0.2, -0.15) is 0 Å². The van der Waals surface area contributed by atoms with Gasteiger partial charge in [-0.3, -0.25) is 9.59 Å². The van der Waals surface area contributed by atoms with Gasteiger partial charge >= 0.3 is 0 Å². The molecule has 5 heteroatoms. The van der Waals surface area contributed by atoms with Crippen molar-refractivity contribution in [1.29, 1.82) is 0 Å². The molecule has 0 fully saturated rings. The topological polar surface area (TPSA) is 49.4 Å². The first-order valence-corrected chi connectivity index (χ1v) is 10.1. The maximum atomic E-state index is 13.5. The lowest BCUT2D eigenvalue weighted by molar-refractivity contribution is -0.128. The fourth-order valence-corrected chi connectivity index (χ4v) is 3.32. The highest BCUT2D eigenvalue weighted by molar-refractivity contribution is 5.92. The number of rotatable bonds is 7. The average Bonchev–Trinajstić information content (AvgIpc) is 2.76. The summed E-state index contributed by atoms with van der Waals surface area (Å²) in [5.41, 5.74) is 3.20. The Bertz CT molecular complexity index is 1080. The Kier molecular flexibility index (Phi) is 7.33. The molecule has 3 aromatic rings. The summed E-state index contributed by atoms with van der Waals surface area (Å²) < 4.78 is 13.5. The quantitative estimate of drug-likeness (QED) is 0.511. The molecule has 0 heterocycles. The van der Waals surface area contributed by atoms with Crippen molar-refractivity contribution in [1.82, 2.24) is 4.90 Å². The van der Waals surface area contributed by atoms with Gasteiger partial charge in [0.2, 0.25) is 11.8 Å². The third-order valence-corrected chi connectivity index (χ3v) is 4.90. The third-order valence-electron chi connectivity index (χ3n) is 4.90. The molecule has 2 amide bonds. The third kappa shape index (κ3) is 6.37. The summed E-state index contributed by atoms with van der Waals surface area (Å²) in [6.45, 7) is 3.82. The molecule has 0 spiro atoms. The van der Waals surface area contributed by atoms with Crippen molar-refractivity contribution in [3.8, 4) is 0 Å². The Morgan fingerprint density at radius 3 is 2.45 bits per heavy atom. The highest BCUT2D eigenvalue weighted by Gasteiger charge is 2.20. The minimum absolute atomic E-state index is 0.153. The number of carbonyl (C=O) groups is 2. The lowest BCUT2D eigenvalue weighted by atomic mass is 10.0. The summed E-state index contributed by atoms with van der Waals surface area (Å²) >= 11 is 0. The predicted octanol–water partition coefficient (Wildman–Crippen LogP) is 5.59. The fraction of sp³-hybridized carbons (Fsp3) is 0.154. The van der Waals surface area contributed by atoms with E-state index in [1.165, 1.54) is 25.1 Å². The molecule has 1 N–H and O–H groups in total. The number of nitrogens with one attached hydrogen (secondary N) is 1. The SMILES string of the molecule is CC(=O)Nc1cccc([C@@H](C)N(Cc2ccccc2)C(=O)/C=C\c2cccc(F)c2)c1. The van der Waals surface area contributed by atoms with E-state index in [1.54, 1.807) is 23.1 Å². The van der Waals surface area contributed by atoms with Crippen LogP contribution in [-0.2, 0) is 16.1 Å². The lowest BCUT2D eigenvalue weighted by Gasteiger charge is -2.29. The van der Waals surface area contributed by atoms with Crippen LogP contribution in [0, 0.1) is 5.82 Å². The van der Waals surface area contributed by atoms with Gasteiger partial charge in [-0.05, 0) is 54.0 Å².